The average molecular weight is 420 g/mol. The molecule has 1 N–H and O–H groups in total. The maximum atomic E-state index is 12.7. The zero-order chi connectivity index (χ0) is 21.6. The predicted molar refractivity (Wildman–Crippen MR) is 116 cm³/mol. The largest absolute Gasteiger partial charge is 0.479 e. The molecular formula is C23H21N3O3S. The Morgan fingerprint density at radius 2 is 1.53 bits per heavy atom. The van der Waals surface area contributed by atoms with Crippen LogP contribution in [0.4, 0.5) is 5.69 Å². The summed E-state index contributed by atoms with van der Waals surface area (Å²) in [6.07, 6.45) is 0. The van der Waals surface area contributed by atoms with E-state index in [0.717, 1.165) is 16.8 Å². The summed E-state index contributed by atoms with van der Waals surface area (Å²) in [5, 5.41) is 12.9. The zero-order valence-corrected chi connectivity index (χ0v) is 17.5. The fourth-order valence-electron chi connectivity index (χ4n) is 2.68. The van der Waals surface area contributed by atoms with Crippen LogP contribution in [0.5, 0.6) is 5.75 Å². The Labute approximate surface area is 176 Å². The van der Waals surface area contributed by atoms with Crippen molar-refractivity contribution in [2.45, 2.75) is 23.6 Å². The highest BCUT2D eigenvalue weighted by molar-refractivity contribution is 7.91. The van der Waals surface area contributed by atoms with Gasteiger partial charge in [-0.1, -0.05) is 17.7 Å². The van der Waals surface area contributed by atoms with Crippen LogP contribution in [0.3, 0.4) is 0 Å². The van der Waals surface area contributed by atoms with Crippen molar-refractivity contribution in [1.29, 1.82) is 5.26 Å². The van der Waals surface area contributed by atoms with Gasteiger partial charge < -0.3 is 4.74 Å². The predicted octanol–water partition coefficient (Wildman–Crippen LogP) is 4.57. The first-order valence-electron chi connectivity index (χ1n) is 9.22. The van der Waals surface area contributed by atoms with Gasteiger partial charge >= 0.3 is 0 Å². The summed E-state index contributed by atoms with van der Waals surface area (Å²) in [4.78, 5) is 0.496. The minimum Gasteiger partial charge on any atom is -0.479 e. The Morgan fingerprint density at radius 3 is 2.10 bits per heavy atom. The quantitative estimate of drug-likeness (QED) is 0.447. The fourth-order valence-corrected chi connectivity index (χ4v) is 3.94. The highest BCUT2D eigenvalue weighted by Gasteiger charge is 2.17. The summed E-state index contributed by atoms with van der Waals surface area (Å²) >= 11 is 0. The molecule has 0 fully saturated rings. The third-order valence-electron chi connectivity index (χ3n) is 4.42. The summed E-state index contributed by atoms with van der Waals surface area (Å²) < 4.78 is 30.7. The second kappa shape index (κ2) is 9.25. The molecule has 0 saturated carbocycles. The number of aryl methyl sites for hydroxylation is 1. The lowest BCUT2D eigenvalue weighted by molar-refractivity contribution is 0.368. The lowest BCUT2D eigenvalue weighted by atomic mass is 10.1. The number of hydrazone groups is 1. The molecule has 3 aromatic carbocycles. The summed E-state index contributed by atoms with van der Waals surface area (Å²) in [6, 6.07) is 22.4. The Hall–Kier alpha value is -3.63. The van der Waals surface area contributed by atoms with Crippen LogP contribution >= 0.6 is 0 Å². The summed E-state index contributed by atoms with van der Waals surface area (Å²) in [5.41, 5.74) is 6.26. The smallest absolute Gasteiger partial charge is 0.206 e. The maximum Gasteiger partial charge on any atom is 0.206 e. The van der Waals surface area contributed by atoms with Gasteiger partial charge in [-0.25, -0.2) is 8.42 Å². The molecular weight excluding hydrogens is 398 g/mol. The van der Waals surface area contributed by atoms with Crippen molar-refractivity contribution < 1.29 is 13.2 Å². The first-order valence-corrected chi connectivity index (χ1v) is 10.7. The van der Waals surface area contributed by atoms with Crippen LogP contribution in [-0.4, -0.2) is 20.7 Å². The number of nitrogens with one attached hydrogen (secondary N) is 1. The Bertz CT molecular complexity index is 1180. The Balaban J connectivity index is 1.69. The van der Waals surface area contributed by atoms with Gasteiger partial charge in [0.1, 0.15) is 11.8 Å². The third kappa shape index (κ3) is 5.04. The second-order valence-electron chi connectivity index (χ2n) is 6.62. The monoisotopic (exact) mass is 419 g/mol. The molecule has 0 bridgehead atoms. The normalized spacial score (nSPS) is 11.6. The third-order valence-corrected chi connectivity index (χ3v) is 6.21. The number of sulfone groups is 1. The molecule has 30 heavy (non-hydrogen) atoms. The Morgan fingerprint density at radius 1 is 0.967 bits per heavy atom. The minimum atomic E-state index is -3.55. The number of ether oxygens (including phenoxy) is 1. The van der Waals surface area contributed by atoms with Crippen LogP contribution in [0.2, 0.25) is 0 Å². The molecule has 0 aromatic heterocycles. The first-order chi connectivity index (χ1) is 14.4. The highest BCUT2D eigenvalue weighted by atomic mass is 32.2. The molecule has 152 valence electrons. The number of anilines is 1. The first kappa shape index (κ1) is 21.1. The standard InChI is InChI=1S/C23H21N3O3S/c1-17-3-11-22(12-4-17)30(27,28)23-13-7-20(8-14-23)26-25-18(2)19-5-9-21(10-6-19)29-16-15-24/h3-14,26H,16H2,1-2H3/b25-18-. The molecule has 3 rings (SSSR count). The van der Waals surface area contributed by atoms with Gasteiger partial charge in [0.15, 0.2) is 6.61 Å². The van der Waals surface area contributed by atoms with Crippen LogP contribution in [-0.2, 0) is 9.84 Å². The molecule has 0 aliphatic carbocycles. The summed E-state index contributed by atoms with van der Waals surface area (Å²) in [6.45, 7) is 3.77. The molecule has 0 heterocycles. The van der Waals surface area contributed by atoms with Crippen molar-refractivity contribution in [3.8, 4) is 11.8 Å². The van der Waals surface area contributed by atoms with Crippen LogP contribution in [0, 0.1) is 18.3 Å². The van der Waals surface area contributed by atoms with Gasteiger partial charge in [-0.3, -0.25) is 5.43 Å². The molecule has 3 aromatic rings. The minimum absolute atomic E-state index is 0.00357. The average Bonchev–Trinajstić information content (AvgIpc) is 2.77. The number of benzene rings is 3. The fraction of sp³-hybridized carbons (Fsp3) is 0.130. The van der Waals surface area contributed by atoms with Gasteiger partial charge in [0.25, 0.3) is 0 Å². The number of nitrogens with zero attached hydrogens (tertiary/aromatic N) is 2. The zero-order valence-electron chi connectivity index (χ0n) is 16.7. The van der Waals surface area contributed by atoms with Crippen molar-refractivity contribution in [3.05, 3.63) is 83.9 Å². The van der Waals surface area contributed by atoms with Gasteiger partial charge in [0.2, 0.25) is 9.84 Å². The van der Waals surface area contributed by atoms with E-state index in [1.165, 1.54) is 0 Å². The molecule has 0 amide bonds. The van der Waals surface area contributed by atoms with Crippen LogP contribution in [0.25, 0.3) is 0 Å². The second-order valence-corrected chi connectivity index (χ2v) is 8.57. The number of hydrogen-bond acceptors (Lipinski definition) is 6. The number of hydrogen-bond donors (Lipinski definition) is 1. The van der Waals surface area contributed by atoms with E-state index in [1.54, 1.807) is 60.7 Å². The molecule has 0 unspecified atom stereocenters. The van der Waals surface area contributed by atoms with E-state index in [2.05, 4.69) is 10.5 Å². The van der Waals surface area contributed by atoms with E-state index in [0.29, 0.717) is 11.4 Å². The molecule has 0 radical (unpaired) electrons. The van der Waals surface area contributed by atoms with Gasteiger partial charge in [0, 0.05) is 0 Å². The number of rotatable bonds is 7. The summed E-state index contributed by atoms with van der Waals surface area (Å²) in [5.74, 6) is 0.617. The summed E-state index contributed by atoms with van der Waals surface area (Å²) in [7, 11) is -3.55. The van der Waals surface area contributed by atoms with Gasteiger partial charge in [0.05, 0.1) is 21.2 Å². The van der Waals surface area contributed by atoms with E-state index in [4.69, 9.17) is 10.00 Å². The maximum absolute atomic E-state index is 12.7. The van der Waals surface area contributed by atoms with E-state index in [9.17, 15) is 8.42 Å². The van der Waals surface area contributed by atoms with Crippen LogP contribution < -0.4 is 10.2 Å². The number of nitriles is 1. The molecule has 0 aliphatic rings. The van der Waals surface area contributed by atoms with E-state index in [1.807, 2.05) is 32.0 Å². The van der Waals surface area contributed by atoms with Gasteiger partial charge in [-0.05, 0) is 80.1 Å². The van der Waals surface area contributed by atoms with E-state index >= 15 is 0 Å². The Kier molecular flexibility index (Phi) is 6.50. The molecule has 6 nitrogen and oxygen atoms in total. The highest BCUT2D eigenvalue weighted by Crippen LogP contribution is 2.23. The lowest BCUT2D eigenvalue weighted by Crippen LogP contribution is -2.03. The van der Waals surface area contributed by atoms with Crippen molar-refractivity contribution in [2.75, 3.05) is 12.0 Å². The molecule has 7 heteroatoms. The topological polar surface area (TPSA) is 91.6 Å². The van der Waals surface area contributed by atoms with Gasteiger partial charge in [-0.15, -0.1) is 0 Å². The van der Waals surface area contributed by atoms with Crippen molar-refractivity contribution in [1.82, 2.24) is 0 Å². The molecule has 0 atom stereocenters. The van der Waals surface area contributed by atoms with Crippen LogP contribution in [0.15, 0.2) is 87.7 Å². The SMILES string of the molecule is C/C(=N/Nc1ccc(S(=O)(=O)c2ccc(C)cc2)cc1)c1ccc(OCC#N)cc1. The van der Waals surface area contributed by atoms with Crippen molar-refractivity contribution in [3.63, 3.8) is 0 Å². The molecule has 0 spiro atoms. The van der Waals surface area contributed by atoms with Gasteiger partial charge in [-0.2, -0.15) is 10.4 Å². The van der Waals surface area contributed by atoms with Crippen LogP contribution in [0.1, 0.15) is 18.1 Å². The molecule has 0 saturated heterocycles. The van der Waals surface area contributed by atoms with E-state index in [-0.39, 0.29) is 16.4 Å². The lowest BCUT2D eigenvalue weighted by Gasteiger charge is -2.08. The molecule has 0 aliphatic heterocycles. The van der Waals surface area contributed by atoms with Crippen molar-refractivity contribution >= 4 is 21.2 Å². The van der Waals surface area contributed by atoms with E-state index < -0.39 is 9.84 Å². The van der Waals surface area contributed by atoms with Crippen molar-refractivity contribution in [2.24, 2.45) is 5.10 Å².